The lowest BCUT2D eigenvalue weighted by molar-refractivity contribution is -0.132. The van der Waals surface area contributed by atoms with Crippen LogP contribution in [0.25, 0.3) is 0 Å². The van der Waals surface area contributed by atoms with Crippen LogP contribution in [0.1, 0.15) is 36.9 Å². The molecule has 2 aromatic carbocycles. The van der Waals surface area contributed by atoms with Gasteiger partial charge in [-0.15, -0.1) is 0 Å². The molecule has 3 nitrogen and oxygen atoms in total. The van der Waals surface area contributed by atoms with Gasteiger partial charge >= 0.3 is 0 Å². The molecule has 1 atom stereocenters. The highest BCUT2D eigenvalue weighted by Crippen LogP contribution is 2.33. The normalized spacial score (nSPS) is 17.5. The van der Waals surface area contributed by atoms with Crippen LogP contribution in [0.3, 0.4) is 0 Å². The summed E-state index contributed by atoms with van der Waals surface area (Å²) in [5.74, 6) is 0.0332. The smallest absolute Gasteiger partial charge is 0.242 e. The molecule has 0 spiro atoms. The van der Waals surface area contributed by atoms with Crippen molar-refractivity contribution >= 4 is 23.2 Å². The van der Waals surface area contributed by atoms with Gasteiger partial charge in [0, 0.05) is 17.9 Å². The predicted octanol–water partition coefficient (Wildman–Crippen LogP) is 4.43. The Morgan fingerprint density at radius 3 is 2.50 bits per heavy atom. The molecule has 1 aliphatic heterocycles. The van der Waals surface area contributed by atoms with E-state index in [1.54, 1.807) is 5.01 Å². The van der Waals surface area contributed by atoms with Crippen molar-refractivity contribution in [2.75, 3.05) is 0 Å². The average molecular weight is 313 g/mol. The van der Waals surface area contributed by atoms with Crippen LogP contribution in [-0.4, -0.2) is 16.6 Å². The number of hydrogen-bond donors (Lipinski definition) is 0. The minimum atomic E-state index is -0.0556. The molecular weight excluding hydrogens is 296 g/mol. The van der Waals surface area contributed by atoms with Crippen LogP contribution in [0.4, 0.5) is 0 Å². The Morgan fingerprint density at radius 2 is 1.86 bits per heavy atom. The van der Waals surface area contributed by atoms with E-state index in [4.69, 9.17) is 11.6 Å². The second-order valence-corrected chi connectivity index (χ2v) is 5.71. The number of hydrazone groups is 1. The van der Waals surface area contributed by atoms with Gasteiger partial charge in [-0.1, -0.05) is 61.0 Å². The molecular formula is C18H17ClN2O. The Labute approximate surface area is 135 Å². The van der Waals surface area contributed by atoms with Crippen molar-refractivity contribution < 1.29 is 4.79 Å². The number of carbonyl (C=O) groups is 1. The summed E-state index contributed by atoms with van der Waals surface area (Å²) in [5, 5.41) is 6.89. The zero-order chi connectivity index (χ0) is 15.5. The summed E-state index contributed by atoms with van der Waals surface area (Å²) < 4.78 is 0. The fourth-order valence-electron chi connectivity index (χ4n) is 2.65. The maximum absolute atomic E-state index is 12.2. The van der Waals surface area contributed by atoms with E-state index in [1.807, 2.05) is 61.5 Å². The van der Waals surface area contributed by atoms with Gasteiger partial charge in [0.15, 0.2) is 0 Å². The molecule has 22 heavy (non-hydrogen) atoms. The van der Waals surface area contributed by atoms with Crippen molar-refractivity contribution in [3.63, 3.8) is 0 Å². The van der Waals surface area contributed by atoms with Crippen molar-refractivity contribution in [1.82, 2.24) is 5.01 Å². The first kappa shape index (κ1) is 14.8. The number of benzene rings is 2. The van der Waals surface area contributed by atoms with E-state index >= 15 is 0 Å². The van der Waals surface area contributed by atoms with E-state index in [0.29, 0.717) is 11.4 Å². The van der Waals surface area contributed by atoms with Gasteiger partial charge in [0.25, 0.3) is 0 Å². The van der Waals surface area contributed by atoms with E-state index in [0.717, 1.165) is 23.3 Å². The van der Waals surface area contributed by atoms with Gasteiger partial charge in [-0.3, -0.25) is 4.79 Å². The van der Waals surface area contributed by atoms with Gasteiger partial charge in [-0.25, -0.2) is 5.01 Å². The van der Waals surface area contributed by atoms with E-state index < -0.39 is 0 Å². The molecule has 1 amide bonds. The van der Waals surface area contributed by atoms with Gasteiger partial charge in [-0.05, 0) is 23.3 Å². The van der Waals surface area contributed by atoms with E-state index in [2.05, 4.69) is 5.10 Å². The number of carbonyl (C=O) groups excluding carboxylic acids is 1. The highest BCUT2D eigenvalue weighted by atomic mass is 35.5. The van der Waals surface area contributed by atoms with Crippen LogP contribution in [0, 0.1) is 0 Å². The molecule has 0 N–H and O–H groups in total. The molecule has 0 saturated heterocycles. The molecule has 0 radical (unpaired) electrons. The number of amides is 1. The van der Waals surface area contributed by atoms with E-state index in [1.165, 1.54) is 0 Å². The Kier molecular flexibility index (Phi) is 4.25. The minimum absolute atomic E-state index is 0.0332. The van der Waals surface area contributed by atoms with Crippen LogP contribution in [0.5, 0.6) is 0 Å². The fraction of sp³-hybridized carbons (Fsp3) is 0.222. The summed E-state index contributed by atoms with van der Waals surface area (Å²) >= 11 is 5.96. The molecule has 3 rings (SSSR count). The first-order valence-electron chi connectivity index (χ1n) is 7.39. The maximum Gasteiger partial charge on any atom is 0.242 e. The van der Waals surface area contributed by atoms with Gasteiger partial charge < -0.3 is 0 Å². The van der Waals surface area contributed by atoms with Crippen LogP contribution in [0.15, 0.2) is 59.7 Å². The molecule has 0 saturated carbocycles. The van der Waals surface area contributed by atoms with Crippen LogP contribution < -0.4 is 0 Å². The standard InChI is InChI=1S/C18H17ClN2O/c1-2-18(22)21-17(14-8-10-15(19)11-9-14)12-16(20-21)13-6-4-3-5-7-13/h3-11,17H,2,12H2,1H3. The number of rotatable bonds is 3. The Hall–Kier alpha value is -2.13. The highest BCUT2D eigenvalue weighted by Gasteiger charge is 2.32. The average Bonchev–Trinajstić information content (AvgIpc) is 3.01. The number of hydrogen-bond acceptors (Lipinski definition) is 2. The lowest BCUT2D eigenvalue weighted by Crippen LogP contribution is -2.26. The Bertz CT molecular complexity index is 695. The molecule has 1 unspecified atom stereocenters. The second kappa shape index (κ2) is 6.32. The Morgan fingerprint density at radius 1 is 1.18 bits per heavy atom. The third-order valence-corrected chi connectivity index (χ3v) is 4.08. The van der Waals surface area contributed by atoms with Crippen LogP contribution in [0.2, 0.25) is 5.02 Å². The van der Waals surface area contributed by atoms with E-state index in [9.17, 15) is 4.79 Å². The summed E-state index contributed by atoms with van der Waals surface area (Å²) in [5.41, 5.74) is 3.07. The lowest BCUT2D eigenvalue weighted by Gasteiger charge is -2.21. The number of halogens is 1. The molecule has 0 bridgehead atoms. The van der Waals surface area contributed by atoms with Gasteiger partial charge in [0.2, 0.25) is 5.91 Å². The summed E-state index contributed by atoms with van der Waals surface area (Å²) in [6.07, 6.45) is 1.16. The lowest BCUT2D eigenvalue weighted by atomic mass is 9.98. The Balaban J connectivity index is 1.94. The van der Waals surface area contributed by atoms with Gasteiger partial charge in [-0.2, -0.15) is 5.10 Å². The molecule has 2 aromatic rings. The largest absolute Gasteiger partial charge is 0.273 e. The first-order chi connectivity index (χ1) is 10.7. The summed E-state index contributed by atoms with van der Waals surface area (Å²) in [4.78, 5) is 12.2. The molecule has 1 aliphatic rings. The fourth-order valence-corrected chi connectivity index (χ4v) is 2.78. The molecule has 0 fully saturated rings. The van der Waals surface area contributed by atoms with Crippen molar-refractivity contribution in [2.45, 2.75) is 25.8 Å². The number of nitrogens with zero attached hydrogens (tertiary/aromatic N) is 2. The predicted molar refractivity (Wildman–Crippen MR) is 88.9 cm³/mol. The van der Waals surface area contributed by atoms with Crippen molar-refractivity contribution in [3.05, 3.63) is 70.7 Å². The highest BCUT2D eigenvalue weighted by molar-refractivity contribution is 6.30. The SMILES string of the molecule is CCC(=O)N1N=C(c2ccccc2)CC1c1ccc(Cl)cc1. The first-order valence-corrected chi connectivity index (χ1v) is 7.77. The summed E-state index contributed by atoms with van der Waals surface area (Å²) in [6.45, 7) is 1.86. The van der Waals surface area contributed by atoms with Crippen molar-refractivity contribution in [3.8, 4) is 0 Å². The molecule has 0 aliphatic carbocycles. The van der Waals surface area contributed by atoms with Gasteiger partial charge in [0.05, 0.1) is 11.8 Å². The summed E-state index contributed by atoms with van der Waals surface area (Å²) in [7, 11) is 0. The quantitative estimate of drug-likeness (QED) is 0.825. The summed E-state index contributed by atoms with van der Waals surface area (Å²) in [6, 6.07) is 17.6. The third-order valence-electron chi connectivity index (χ3n) is 3.83. The molecule has 1 heterocycles. The van der Waals surface area contributed by atoms with Crippen molar-refractivity contribution in [1.29, 1.82) is 0 Å². The minimum Gasteiger partial charge on any atom is -0.273 e. The van der Waals surface area contributed by atoms with Crippen LogP contribution >= 0.6 is 11.6 Å². The zero-order valence-corrected chi connectivity index (χ0v) is 13.1. The van der Waals surface area contributed by atoms with Crippen LogP contribution in [-0.2, 0) is 4.79 Å². The molecule has 0 aromatic heterocycles. The van der Waals surface area contributed by atoms with Crippen molar-refractivity contribution in [2.24, 2.45) is 5.10 Å². The maximum atomic E-state index is 12.2. The van der Waals surface area contributed by atoms with E-state index in [-0.39, 0.29) is 11.9 Å². The zero-order valence-electron chi connectivity index (χ0n) is 12.4. The molecule has 4 heteroatoms. The molecule has 112 valence electrons. The second-order valence-electron chi connectivity index (χ2n) is 5.28. The van der Waals surface area contributed by atoms with Gasteiger partial charge in [0.1, 0.15) is 0 Å². The monoisotopic (exact) mass is 312 g/mol. The topological polar surface area (TPSA) is 32.7 Å². The third kappa shape index (κ3) is 2.90.